The highest BCUT2D eigenvalue weighted by atomic mass is 32.2. The van der Waals surface area contributed by atoms with Crippen LogP contribution in [-0.2, 0) is 0 Å². The molecule has 3 heteroatoms. The van der Waals surface area contributed by atoms with Crippen LogP contribution >= 0.6 is 11.8 Å². The second-order valence-corrected chi connectivity index (χ2v) is 1.83. The number of hydrogen-bond donors (Lipinski definition) is 1. The lowest BCUT2D eigenvalue weighted by Crippen LogP contribution is -2.03. The normalized spacial score (nSPS) is 11.3. The average Bonchev–Trinajstić information content (AvgIpc) is 1.68. The average molecular weight is 116 g/mol. The van der Waals surface area contributed by atoms with Gasteiger partial charge in [0.25, 0.3) is 0 Å². The van der Waals surface area contributed by atoms with Gasteiger partial charge in [0.1, 0.15) is 0 Å². The molecule has 0 fully saturated rings. The van der Waals surface area contributed by atoms with Crippen molar-refractivity contribution in [2.75, 3.05) is 7.05 Å². The van der Waals surface area contributed by atoms with E-state index >= 15 is 0 Å². The number of rotatable bonds is 1. The molecule has 0 heterocycles. The maximum atomic E-state index is 5.23. The van der Waals surface area contributed by atoms with Crippen molar-refractivity contribution in [2.45, 2.75) is 0 Å². The minimum absolute atomic E-state index is 0.551. The molecule has 0 aromatic rings. The summed E-state index contributed by atoms with van der Waals surface area (Å²) < 4.78 is 0. The van der Waals surface area contributed by atoms with Crippen LogP contribution in [0.25, 0.3) is 0 Å². The van der Waals surface area contributed by atoms with Gasteiger partial charge in [-0.25, -0.2) is 0 Å². The Kier molecular flexibility index (Phi) is 3.50. The maximum absolute atomic E-state index is 5.23. The Morgan fingerprint density at radius 2 is 2.57 bits per heavy atom. The van der Waals surface area contributed by atoms with E-state index in [1.807, 2.05) is 0 Å². The molecule has 0 aliphatic heterocycles. The monoisotopic (exact) mass is 116 g/mol. The lowest BCUT2D eigenvalue weighted by atomic mass is 11.2. The van der Waals surface area contributed by atoms with Crippen molar-refractivity contribution in [2.24, 2.45) is 10.7 Å². The SMILES string of the molecule is C=CS/C(N)=N\C. The molecule has 0 saturated heterocycles. The first-order chi connectivity index (χ1) is 3.31. The van der Waals surface area contributed by atoms with Crippen LogP contribution in [-0.4, -0.2) is 12.2 Å². The predicted molar refractivity (Wildman–Crippen MR) is 35.3 cm³/mol. The van der Waals surface area contributed by atoms with Gasteiger partial charge >= 0.3 is 0 Å². The number of amidine groups is 1. The Morgan fingerprint density at radius 1 is 2.00 bits per heavy atom. The summed E-state index contributed by atoms with van der Waals surface area (Å²) in [6.45, 7) is 3.45. The second kappa shape index (κ2) is 3.74. The highest BCUT2D eigenvalue weighted by Crippen LogP contribution is 1.96. The smallest absolute Gasteiger partial charge is 0.157 e. The minimum Gasteiger partial charge on any atom is -0.378 e. The molecule has 0 unspecified atom stereocenters. The van der Waals surface area contributed by atoms with E-state index in [-0.39, 0.29) is 0 Å². The Morgan fingerprint density at radius 3 is 2.71 bits per heavy atom. The lowest BCUT2D eigenvalue weighted by molar-refractivity contribution is 1.44. The number of thioether (sulfide) groups is 1. The molecular formula is C4H8N2S. The molecule has 7 heavy (non-hydrogen) atoms. The molecule has 0 radical (unpaired) electrons. The highest BCUT2D eigenvalue weighted by Gasteiger charge is 1.79. The van der Waals surface area contributed by atoms with Crippen molar-refractivity contribution in [3.63, 3.8) is 0 Å². The first-order valence-corrected chi connectivity index (χ1v) is 2.69. The van der Waals surface area contributed by atoms with Gasteiger partial charge in [-0.15, -0.1) is 0 Å². The molecule has 0 aliphatic carbocycles. The number of aliphatic imine (C=N–C) groups is 1. The van der Waals surface area contributed by atoms with Gasteiger partial charge in [0.05, 0.1) is 0 Å². The summed E-state index contributed by atoms with van der Waals surface area (Å²) in [7, 11) is 1.64. The molecule has 0 atom stereocenters. The number of hydrogen-bond acceptors (Lipinski definition) is 2. The third kappa shape index (κ3) is 3.39. The first-order valence-electron chi connectivity index (χ1n) is 1.81. The van der Waals surface area contributed by atoms with E-state index in [1.54, 1.807) is 12.5 Å². The standard InChI is InChI=1S/C4H8N2S/c1-3-7-4(5)6-2/h3H,1H2,2H3,(H2,5,6). The molecule has 0 bridgehead atoms. The molecule has 0 aliphatic rings. The third-order valence-electron chi connectivity index (χ3n) is 0.424. The van der Waals surface area contributed by atoms with E-state index in [2.05, 4.69) is 11.6 Å². The summed E-state index contributed by atoms with van der Waals surface area (Å²) >= 11 is 1.32. The van der Waals surface area contributed by atoms with Gasteiger partial charge < -0.3 is 5.73 Å². The fraction of sp³-hybridized carbons (Fsp3) is 0.250. The second-order valence-electron chi connectivity index (χ2n) is 0.846. The van der Waals surface area contributed by atoms with Crippen molar-refractivity contribution in [1.29, 1.82) is 0 Å². The summed E-state index contributed by atoms with van der Waals surface area (Å²) in [5.74, 6) is 0. The van der Waals surface area contributed by atoms with E-state index in [4.69, 9.17) is 5.73 Å². The highest BCUT2D eigenvalue weighted by molar-refractivity contribution is 8.16. The zero-order valence-electron chi connectivity index (χ0n) is 4.22. The summed E-state index contributed by atoms with van der Waals surface area (Å²) in [4.78, 5) is 3.66. The molecule has 0 saturated carbocycles. The topological polar surface area (TPSA) is 38.4 Å². The van der Waals surface area contributed by atoms with Crippen LogP contribution in [0, 0.1) is 0 Å². The minimum atomic E-state index is 0.551. The van der Waals surface area contributed by atoms with Gasteiger partial charge in [0.2, 0.25) is 0 Å². The molecule has 0 amide bonds. The van der Waals surface area contributed by atoms with Crippen LogP contribution in [0.1, 0.15) is 0 Å². The summed E-state index contributed by atoms with van der Waals surface area (Å²) in [5.41, 5.74) is 5.23. The molecule has 0 spiro atoms. The summed E-state index contributed by atoms with van der Waals surface area (Å²) in [5, 5.41) is 2.19. The van der Waals surface area contributed by atoms with Crippen LogP contribution in [0.15, 0.2) is 17.0 Å². The molecule has 2 nitrogen and oxygen atoms in total. The predicted octanol–water partition coefficient (Wildman–Crippen LogP) is 0.808. The van der Waals surface area contributed by atoms with Crippen LogP contribution < -0.4 is 5.73 Å². The van der Waals surface area contributed by atoms with Crippen LogP contribution in [0.3, 0.4) is 0 Å². The van der Waals surface area contributed by atoms with Gasteiger partial charge in [0.15, 0.2) is 5.17 Å². The summed E-state index contributed by atoms with van der Waals surface area (Å²) in [6.07, 6.45) is 0. The van der Waals surface area contributed by atoms with Gasteiger partial charge in [-0.3, -0.25) is 4.99 Å². The fourth-order valence-corrected chi connectivity index (χ4v) is 0.414. The van der Waals surface area contributed by atoms with E-state index in [0.717, 1.165) is 0 Å². The van der Waals surface area contributed by atoms with Crippen molar-refractivity contribution < 1.29 is 0 Å². The molecular weight excluding hydrogens is 108 g/mol. The Balaban J connectivity index is 3.36. The quantitative estimate of drug-likeness (QED) is 0.406. The Bertz CT molecular complexity index is 87.7. The van der Waals surface area contributed by atoms with E-state index in [9.17, 15) is 0 Å². The zero-order valence-corrected chi connectivity index (χ0v) is 5.03. The molecule has 40 valence electrons. The largest absolute Gasteiger partial charge is 0.378 e. The van der Waals surface area contributed by atoms with Crippen molar-refractivity contribution in [1.82, 2.24) is 0 Å². The molecule has 2 N–H and O–H groups in total. The van der Waals surface area contributed by atoms with Crippen LogP contribution in [0.4, 0.5) is 0 Å². The summed E-state index contributed by atoms with van der Waals surface area (Å²) in [6, 6.07) is 0. The van der Waals surface area contributed by atoms with Gasteiger partial charge in [0, 0.05) is 7.05 Å². The van der Waals surface area contributed by atoms with E-state index < -0.39 is 0 Å². The van der Waals surface area contributed by atoms with E-state index in [0.29, 0.717) is 5.17 Å². The van der Waals surface area contributed by atoms with Crippen LogP contribution in [0.2, 0.25) is 0 Å². The molecule has 0 aromatic carbocycles. The fourth-order valence-electron chi connectivity index (χ4n) is 0.138. The van der Waals surface area contributed by atoms with Gasteiger partial charge in [-0.05, 0) is 5.41 Å². The van der Waals surface area contributed by atoms with Crippen molar-refractivity contribution >= 4 is 16.9 Å². The van der Waals surface area contributed by atoms with Gasteiger partial charge in [-0.2, -0.15) is 0 Å². The Labute approximate surface area is 47.5 Å². The molecule has 0 rings (SSSR count). The number of nitrogens with zero attached hydrogens (tertiary/aromatic N) is 1. The molecule has 0 aromatic heterocycles. The van der Waals surface area contributed by atoms with Gasteiger partial charge in [-0.1, -0.05) is 18.3 Å². The Hall–Kier alpha value is -0.440. The van der Waals surface area contributed by atoms with Crippen LogP contribution in [0.5, 0.6) is 0 Å². The first kappa shape index (κ1) is 6.56. The number of nitrogens with two attached hydrogens (primary N) is 1. The van der Waals surface area contributed by atoms with E-state index in [1.165, 1.54) is 11.8 Å². The van der Waals surface area contributed by atoms with Crippen molar-refractivity contribution in [3.05, 3.63) is 12.0 Å². The maximum Gasteiger partial charge on any atom is 0.157 e. The van der Waals surface area contributed by atoms with Crippen molar-refractivity contribution in [3.8, 4) is 0 Å². The third-order valence-corrected chi connectivity index (χ3v) is 1.02. The zero-order chi connectivity index (χ0) is 5.70. The lowest BCUT2D eigenvalue weighted by Gasteiger charge is -1.86.